The highest BCUT2D eigenvalue weighted by Gasteiger charge is 2.35. The number of benzene rings is 1. The Bertz CT molecular complexity index is 804. The summed E-state index contributed by atoms with van der Waals surface area (Å²) in [6, 6.07) is 4.48. The smallest absolute Gasteiger partial charge is 0.338 e. The number of imide groups is 1. The van der Waals surface area contributed by atoms with Crippen molar-refractivity contribution in [3.63, 3.8) is 0 Å². The van der Waals surface area contributed by atoms with Gasteiger partial charge >= 0.3 is 5.97 Å². The van der Waals surface area contributed by atoms with E-state index in [0.717, 1.165) is 32.1 Å². The molecule has 0 radical (unpaired) electrons. The summed E-state index contributed by atoms with van der Waals surface area (Å²) in [6.45, 7) is 4.70. The number of nitrogens with zero attached hydrogens (tertiary/aromatic N) is 2. The fourth-order valence-corrected chi connectivity index (χ4v) is 3.70. The molecule has 3 rings (SSSR count). The number of unbranched alkanes of at least 4 members (excludes halogenated alkanes) is 1. The molecule has 1 fully saturated rings. The maximum absolute atomic E-state index is 12.5. The molecule has 1 aromatic carbocycles. The molecule has 0 aromatic heterocycles. The Morgan fingerprint density at radius 3 is 2.61 bits per heavy atom. The average molecular weight is 386 g/mol. The number of esters is 1. The summed E-state index contributed by atoms with van der Waals surface area (Å²) in [5.74, 6) is -1.60. The van der Waals surface area contributed by atoms with E-state index in [9.17, 15) is 19.2 Å². The van der Waals surface area contributed by atoms with Gasteiger partial charge < -0.3 is 9.64 Å². The van der Waals surface area contributed by atoms with Crippen molar-refractivity contribution in [1.29, 1.82) is 0 Å². The lowest BCUT2D eigenvalue weighted by Gasteiger charge is -2.33. The number of carbonyl (C=O) groups is 4. The average Bonchev–Trinajstić information content (AvgIpc) is 2.94. The van der Waals surface area contributed by atoms with Crippen molar-refractivity contribution in [3.05, 3.63) is 34.9 Å². The molecule has 2 aliphatic heterocycles. The number of ether oxygens (including phenoxy) is 1. The van der Waals surface area contributed by atoms with E-state index in [1.54, 1.807) is 4.90 Å². The first-order chi connectivity index (χ1) is 13.4. The SMILES string of the molecule is CCCCN1C(=O)c2ccc(C(=O)OCC(=O)N3CCCC[C@@H]3C)cc2C1=O. The van der Waals surface area contributed by atoms with E-state index in [1.807, 2.05) is 13.8 Å². The molecule has 0 N–H and O–H groups in total. The van der Waals surface area contributed by atoms with Crippen LogP contribution in [0.1, 0.15) is 77.0 Å². The first-order valence-corrected chi connectivity index (χ1v) is 9.91. The number of carbonyl (C=O) groups excluding carboxylic acids is 4. The van der Waals surface area contributed by atoms with Gasteiger partial charge in [0.25, 0.3) is 17.7 Å². The largest absolute Gasteiger partial charge is 0.452 e. The third-order valence-electron chi connectivity index (χ3n) is 5.39. The van der Waals surface area contributed by atoms with Crippen LogP contribution >= 0.6 is 0 Å². The number of amides is 3. The van der Waals surface area contributed by atoms with Gasteiger partial charge in [-0.25, -0.2) is 4.79 Å². The Morgan fingerprint density at radius 2 is 1.89 bits per heavy atom. The van der Waals surface area contributed by atoms with Gasteiger partial charge in [-0.15, -0.1) is 0 Å². The van der Waals surface area contributed by atoms with Crippen LogP contribution in [-0.4, -0.2) is 59.2 Å². The second-order valence-corrected chi connectivity index (χ2v) is 7.38. The molecule has 2 heterocycles. The van der Waals surface area contributed by atoms with Crippen molar-refractivity contribution in [1.82, 2.24) is 9.80 Å². The Labute approximate surface area is 164 Å². The van der Waals surface area contributed by atoms with E-state index in [2.05, 4.69) is 0 Å². The summed E-state index contributed by atoms with van der Waals surface area (Å²) in [5, 5.41) is 0. The van der Waals surface area contributed by atoms with Crippen LogP contribution in [0.4, 0.5) is 0 Å². The van der Waals surface area contributed by atoms with Crippen LogP contribution in [0.2, 0.25) is 0 Å². The lowest BCUT2D eigenvalue weighted by molar-refractivity contribution is -0.137. The van der Waals surface area contributed by atoms with Gasteiger partial charge in [-0.2, -0.15) is 0 Å². The number of fused-ring (bicyclic) bond motifs is 1. The zero-order valence-electron chi connectivity index (χ0n) is 16.4. The minimum Gasteiger partial charge on any atom is -0.452 e. The molecule has 150 valence electrons. The zero-order valence-corrected chi connectivity index (χ0v) is 16.4. The summed E-state index contributed by atoms with van der Waals surface area (Å²) in [4.78, 5) is 52.5. The fraction of sp³-hybridized carbons (Fsp3) is 0.524. The van der Waals surface area contributed by atoms with E-state index in [0.29, 0.717) is 18.7 Å². The van der Waals surface area contributed by atoms with Crippen LogP contribution in [0.5, 0.6) is 0 Å². The van der Waals surface area contributed by atoms with Gasteiger partial charge in [0.05, 0.1) is 16.7 Å². The lowest BCUT2D eigenvalue weighted by atomic mass is 10.0. The number of likely N-dealkylation sites (tertiary alicyclic amines) is 1. The molecule has 1 aromatic rings. The van der Waals surface area contributed by atoms with Gasteiger partial charge in [-0.05, 0) is 50.8 Å². The van der Waals surface area contributed by atoms with Crippen molar-refractivity contribution in [2.24, 2.45) is 0 Å². The van der Waals surface area contributed by atoms with E-state index < -0.39 is 5.97 Å². The third-order valence-corrected chi connectivity index (χ3v) is 5.39. The van der Waals surface area contributed by atoms with Crippen LogP contribution in [0.25, 0.3) is 0 Å². The minimum atomic E-state index is -0.673. The molecule has 0 aliphatic carbocycles. The van der Waals surface area contributed by atoms with Crippen LogP contribution in [-0.2, 0) is 9.53 Å². The predicted molar refractivity (Wildman–Crippen MR) is 102 cm³/mol. The first kappa shape index (κ1) is 20.0. The maximum Gasteiger partial charge on any atom is 0.338 e. The minimum absolute atomic E-state index is 0.151. The molecule has 7 nitrogen and oxygen atoms in total. The molecule has 28 heavy (non-hydrogen) atoms. The van der Waals surface area contributed by atoms with E-state index in [1.165, 1.54) is 23.1 Å². The highest BCUT2D eigenvalue weighted by atomic mass is 16.5. The van der Waals surface area contributed by atoms with Crippen LogP contribution < -0.4 is 0 Å². The monoisotopic (exact) mass is 386 g/mol. The molecule has 7 heteroatoms. The van der Waals surface area contributed by atoms with E-state index >= 15 is 0 Å². The van der Waals surface area contributed by atoms with Crippen molar-refractivity contribution < 1.29 is 23.9 Å². The molecule has 3 amide bonds. The number of piperidine rings is 1. The van der Waals surface area contributed by atoms with Crippen LogP contribution in [0.3, 0.4) is 0 Å². The summed E-state index contributed by atoms with van der Waals surface area (Å²) >= 11 is 0. The van der Waals surface area contributed by atoms with Crippen LogP contribution in [0.15, 0.2) is 18.2 Å². The molecular weight excluding hydrogens is 360 g/mol. The normalized spacial score (nSPS) is 19.0. The topological polar surface area (TPSA) is 84.0 Å². The summed E-state index contributed by atoms with van der Waals surface area (Å²) in [7, 11) is 0. The second-order valence-electron chi connectivity index (χ2n) is 7.38. The van der Waals surface area contributed by atoms with Gasteiger partial charge in [0.15, 0.2) is 6.61 Å². The third kappa shape index (κ3) is 3.93. The summed E-state index contributed by atoms with van der Waals surface area (Å²) < 4.78 is 5.17. The van der Waals surface area contributed by atoms with E-state index in [-0.39, 0.29) is 41.5 Å². The second kappa shape index (κ2) is 8.54. The van der Waals surface area contributed by atoms with Gasteiger partial charge in [0.1, 0.15) is 0 Å². The molecule has 2 aliphatic rings. The Balaban J connectivity index is 1.65. The standard InChI is InChI=1S/C21H26N2O5/c1-3-4-10-23-19(25)16-9-8-15(12-17(16)20(23)26)21(27)28-13-18(24)22-11-6-5-7-14(22)2/h8-9,12,14H,3-7,10-11,13H2,1-2H3/t14-/m0/s1. The van der Waals surface area contributed by atoms with Crippen molar-refractivity contribution >= 4 is 23.7 Å². The highest BCUT2D eigenvalue weighted by molar-refractivity contribution is 6.21. The van der Waals surface area contributed by atoms with Gasteiger partial charge in [-0.3, -0.25) is 19.3 Å². The molecule has 1 saturated heterocycles. The first-order valence-electron chi connectivity index (χ1n) is 9.91. The molecule has 0 spiro atoms. The van der Waals surface area contributed by atoms with Gasteiger partial charge in [0.2, 0.25) is 0 Å². The molecule has 1 atom stereocenters. The summed E-state index contributed by atoms with van der Waals surface area (Å²) in [5.41, 5.74) is 0.680. The van der Waals surface area contributed by atoms with Gasteiger partial charge in [0, 0.05) is 19.1 Å². The number of hydrogen-bond acceptors (Lipinski definition) is 5. The van der Waals surface area contributed by atoms with E-state index in [4.69, 9.17) is 4.74 Å². The fourth-order valence-electron chi connectivity index (χ4n) is 3.70. The number of rotatable bonds is 6. The molecule has 0 saturated carbocycles. The van der Waals surface area contributed by atoms with Crippen LogP contribution in [0, 0.1) is 0 Å². The zero-order chi connectivity index (χ0) is 20.3. The van der Waals surface area contributed by atoms with Crippen molar-refractivity contribution in [2.75, 3.05) is 19.7 Å². The van der Waals surface area contributed by atoms with Gasteiger partial charge in [-0.1, -0.05) is 13.3 Å². The van der Waals surface area contributed by atoms with Crippen molar-refractivity contribution in [2.45, 2.75) is 52.0 Å². The Morgan fingerprint density at radius 1 is 1.14 bits per heavy atom. The Kier molecular flexibility index (Phi) is 6.11. The Hall–Kier alpha value is -2.70. The summed E-state index contributed by atoms with van der Waals surface area (Å²) in [6.07, 6.45) is 4.61. The molecule has 0 unspecified atom stereocenters. The molecule has 0 bridgehead atoms. The highest BCUT2D eigenvalue weighted by Crippen LogP contribution is 2.25. The predicted octanol–water partition coefficient (Wildman–Crippen LogP) is 2.64. The number of hydrogen-bond donors (Lipinski definition) is 0. The molecular formula is C21H26N2O5. The quantitative estimate of drug-likeness (QED) is 0.554. The lowest BCUT2D eigenvalue weighted by Crippen LogP contribution is -2.44. The van der Waals surface area contributed by atoms with Crippen molar-refractivity contribution in [3.8, 4) is 0 Å². The maximum atomic E-state index is 12.5.